The van der Waals surface area contributed by atoms with Crippen LogP contribution in [0, 0.1) is 0 Å². The first-order valence-corrected chi connectivity index (χ1v) is 8.30. The van der Waals surface area contributed by atoms with Crippen molar-refractivity contribution >= 4 is 11.5 Å². The van der Waals surface area contributed by atoms with Gasteiger partial charge in [0.2, 0.25) is 0 Å². The first kappa shape index (κ1) is 15.0. The number of nitrogens with zero attached hydrogens (tertiary/aromatic N) is 7. The van der Waals surface area contributed by atoms with Gasteiger partial charge in [-0.2, -0.15) is 4.52 Å². The summed E-state index contributed by atoms with van der Waals surface area (Å²) in [5.74, 6) is 0.975. The van der Waals surface area contributed by atoms with E-state index in [9.17, 15) is 0 Å². The minimum atomic E-state index is 0.372. The zero-order chi connectivity index (χ0) is 16.5. The minimum Gasteiger partial charge on any atom is -0.350 e. The molecule has 24 heavy (non-hydrogen) atoms. The van der Waals surface area contributed by atoms with Crippen LogP contribution in [-0.4, -0.2) is 55.4 Å². The Hall–Kier alpha value is -2.54. The molecular weight excluding hydrogens is 302 g/mol. The molecule has 0 N–H and O–H groups in total. The monoisotopic (exact) mass is 323 g/mol. The van der Waals surface area contributed by atoms with Gasteiger partial charge in [0.05, 0.1) is 0 Å². The highest BCUT2D eigenvalue weighted by atomic mass is 15.4. The minimum absolute atomic E-state index is 0.372. The summed E-state index contributed by atoms with van der Waals surface area (Å²) in [6, 6.07) is 8.91. The smallest absolute Gasteiger partial charge is 0.177 e. The second-order valence-corrected chi connectivity index (χ2v) is 6.32. The predicted molar refractivity (Wildman–Crippen MR) is 91.8 cm³/mol. The molecule has 0 spiro atoms. The van der Waals surface area contributed by atoms with E-state index < -0.39 is 0 Å². The molecule has 1 aliphatic heterocycles. The molecule has 1 fully saturated rings. The maximum Gasteiger partial charge on any atom is 0.177 e. The van der Waals surface area contributed by atoms with Crippen LogP contribution < -0.4 is 4.90 Å². The van der Waals surface area contributed by atoms with Crippen molar-refractivity contribution in [2.75, 3.05) is 24.5 Å². The standard InChI is InChI=1S/C17H21N7/c1-13-11-22(14(2)15-4-3-7-18-10-15)8-9-23(13)17-6-5-16-20-19-12-24(16)21-17/h3-7,10,12-14H,8-9,11H2,1-2H3/t13-,14-/m0/s1. The van der Waals surface area contributed by atoms with Crippen LogP contribution in [0.1, 0.15) is 25.5 Å². The van der Waals surface area contributed by atoms with E-state index in [4.69, 9.17) is 0 Å². The van der Waals surface area contributed by atoms with Gasteiger partial charge < -0.3 is 4.90 Å². The zero-order valence-corrected chi connectivity index (χ0v) is 13.9. The molecule has 3 aromatic heterocycles. The molecule has 0 saturated carbocycles. The summed E-state index contributed by atoms with van der Waals surface area (Å²) in [5.41, 5.74) is 2.04. The second kappa shape index (κ2) is 6.16. The third-order valence-corrected chi connectivity index (χ3v) is 4.82. The van der Waals surface area contributed by atoms with Crippen LogP contribution in [0.3, 0.4) is 0 Å². The fourth-order valence-corrected chi connectivity index (χ4v) is 3.38. The average Bonchev–Trinajstić information content (AvgIpc) is 3.09. The number of piperazine rings is 1. The van der Waals surface area contributed by atoms with Crippen molar-refractivity contribution < 1.29 is 0 Å². The summed E-state index contributed by atoms with van der Waals surface area (Å²) < 4.78 is 1.73. The van der Waals surface area contributed by atoms with Crippen LogP contribution in [0.5, 0.6) is 0 Å². The van der Waals surface area contributed by atoms with E-state index in [1.165, 1.54) is 5.56 Å². The Morgan fingerprint density at radius 3 is 2.92 bits per heavy atom. The highest BCUT2D eigenvalue weighted by molar-refractivity contribution is 5.46. The van der Waals surface area contributed by atoms with E-state index in [1.54, 1.807) is 10.8 Å². The number of anilines is 1. The topological polar surface area (TPSA) is 62.5 Å². The Morgan fingerprint density at radius 2 is 2.12 bits per heavy atom. The number of pyridine rings is 1. The van der Waals surface area contributed by atoms with Crippen molar-refractivity contribution in [3.05, 3.63) is 48.5 Å². The number of hydrogen-bond donors (Lipinski definition) is 0. The Morgan fingerprint density at radius 1 is 1.21 bits per heavy atom. The van der Waals surface area contributed by atoms with E-state index in [2.05, 4.69) is 50.0 Å². The van der Waals surface area contributed by atoms with Crippen LogP contribution in [0.25, 0.3) is 5.65 Å². The SMILES string of the molecule is C[C@@H](c1cccnc1)N1CCN(c2ccc3nncn3n2)[C@@H](C)C1. The number of fused-ring (bicyclic) bond motifs is 1. The summed E-state index contributed by atoms with van der Waals surface area (Å²) in [5, 5.41) is 12.5. The first-order valence-electron chi connectivity index (χ1n) is 8.30. The second-order valence-electron chi connectivity index (χ2n) is 6.32. The molecule has 1 saturated heterocycles. The lowest BCUT2D eigenvalue weighted by Crippen LogP contribution is -2.52. The molecule has 1 aliphatic rings. The Bertz CT molecular complexity index is 816. The molecule has 0 unspecified atom stereocenters. The molecular formula is C17H21N7. The van der Waals surface area contributed by atoms with Crippen LogP contribution in [-0.2, 0) is 0 Å². The Kier molecular flexibility index (Phi) is 3.86. The highest BCUT2D eigenvalue weighted by Crippen LogP contribution is 2.25. The third kappa shape index (κ3) is 2.71. The molecule has 0 bridgehead atoms. The first-order chi connectivity index (χ1) is 11.7. The van der Waals surface area contributed by atoms with Crippen molar-refractivity contribution in [1.29, 1.82) is 0 Å². The molecule has 4 heterocycles. The van der Waals surface area contributed by atoms with E-state index in [0.717, 1.165) is 31.1 Å². The van der Waals surface area contributed by atoms with Gasteiger partial charge >= 0.3 is 0 Å². The van der Waals surface area contributed by atoms with Crippen molar-refractivity contribution in [1.82, 2.24) is 29.7 Å². The molecule has 0 radical (unpaired) electrons. The highest BCUT2D eigenvalue weighted by Gasteiger charge is 2.28. The Balaban J connectivity index is 1.50. The van der Waals surface area contributed by atoms with Crippen molar-refractivity contribution in [2.45, 2.75) is 25.9 Å². The number of aromatic nitrogens is 5. The molecule has 4 rings (SSSR count). The van der Waals surface area contributed by atoms with Crippen LogP contribution >= 0.6 is 0 Å². The number of hydrogen-bond acceptors (Lipinski definition) is 6. The van der Waals surface area contributed by atoms with Gasteiger partial charge in [-0.3, -0.25) is 9.88 Å². The van der Waals surface area contributed by atoms with E-state index in [0.29, 0.717) is 12.1 Å². The summed E-state index contributed by atoms with van der Waals surface area (Å²) in [7, 11) is 0. The summed E-state index contributed by atoms with van der Waals surface area (Å²) >= 11 is 0. The normalized spacial score (nSPS) is 20.4. The molecule has 124 valence electrons. The van der Waals surface area contributed by atoms with Gasteiger partial charge in [-0.05, 0) is 37.6 Å². The maximum atomic E-state index is 4.63. The molecule has 0 aliphatic carbocycles. The van der Waals surface area contributed by atoms with Crippen molar-refractivity contribution in [3.8, 4) is 0 Å². The molecule has 3 aromatic rings. The summed E-state index contributed by atoms with van der Waals surface area (Å²) in [6.07, 6.45) is 5.43. The van der Waals surface area contributed by atoms with E-state index in [1.807, 2.05) is 30.6 Å². The molecule has 0 aromatic carbocycles. The van der Waals surface area contributed by atoms with Gasteiger partial charge in [-0.1, -0.05) is 6.07 Å². The van der Waals surface area contributed by atoms with Gasteiger partial charge in [-0.25, -0.2) is 0 Å². The van der Waals surface area contributed by atoms with E-state index >= 15 is 0 Å². The van der Waals surface area contributed by atoms with Gasteiger partial charge in [0.15, 0.2) is 5.65 Å². The predicted octanol–water partition coefficient (Wildman–Crippen LogP) is 1.79. The van der Waals surface area contributed by atoms with E-state index in [-0.39, 0.29) is 0 Å². The lowest BCUT2D eigenvalue weighted by molar-refractivity contribution is 0.175. The zero-order valence-electron chi connectivity index (χ0n) is 13.9. The quantitative estimate of drug-likeness (QED) is 0.732. The fourth-order valence-electron chi connectivity index (χ4n) is 3.38. The molecule has 2 atom stereocenters. The lowest BCUT2D eigenvalue weighted by Gasteiger charge is -2.43. The van der Waals surface area contributed by atoms with Gasteiger partial charge in [-0.15, -0.1) is 15.3 Å². The van der Waals surface area contributed by atoms with Crippen molar-refractivity contribution in [3.63, 3.8) is 0 Å². The molecule has 0 amide bonds. The summed E-state index contributed by atoms with van der Waals surface area (Å²) in [4.78, 5) is 9.11. The van der Waals surface area contributed by atoms with Crippen LogP contribution in [0.4, 0.5) is 5.82 Å². The average molecular weight is 323 g/mol. The lowest BCUT2D eigenvalue weighted by atomic mass is 10.1. The Labute approximate surface area is 140 Å². The molecule has 7 nitrogen and oxygen atoms in total. The van der Waals surface area contributed by atoms with Gasteiger partial charge in [0, 0.05) is 44.1 Å². The van der Waals surface area contributed by atoms with Crippen LogP contribution in [0.2, 0.25) is 0 Å². The fraction of sp³-hybridized carbons (Fsp3) is 0.412. The van der Waals surface area contributed by atoms with Gasteiger partial charge in [0.1, 0.15) is 12.1 Å². The number of rotatable bonds is 3. The maximum absolute atomic E-state index is 4.63. The largest absolute Gasteiger partial charge is 0.350 e. The summed E-state index contributed by atoms with van der Waals surface area (Å²) in [6.45, 7) is 7.45. The van der Waals surface area contributed by atoms with Gasteiger partial charge in [0.25, 0.3) is 0 Å². The third-order valence-electron chi connectivity index (χ3n) is 4.82. The van der Waals surface area contributed by atoms with Crippen LogP contribution in [0.15, 0.2) is 43.0 Å². The molecule has 7 heteroatoms. The van der Waals surface area contributed by atoms with Crippen molar-refractivity contribution in [2.24, 2.45) is 0 Å².